The van der Waals surface area contributed by atoms with Crippen molar-refractivity contribution in [3.8, 4) is 0 Å². The smallest absolute Gasteiger partial charge is 0.00258 e. The summed E-state index contributed by atoms with van der Waals surface area (Å²) in [7, 11) is 0. The maximum atomic E-state index is 2.40. The second-order valence-corrected chi connectivity index (χ2v) is 23.6. The van der Waals surface area contributed by atoms with Gasteiger partial charge in [0.1, 0.15) is 0 Å². The third kappa shape index (κ3) is 28.9. The molecule has 0 N–H and O–H groups in total. The lowest BCUT2D eigenvalue weighted by atomic mass is 9.65. The lowest BCUT2D eigenvalue weighted by Crippen LogP contribution is -2.28. The fourth-order valence-electron chi connectivity index (χ4n) is 11.0. The third-order valence-electron chi connectivity index (χ3n) is 13.9. The van der Waals surface area contributed by atoms with E-state index in [2.05, 4.69) is 175 Å². The van der Waals surface area contributed by atoms with E-state index in [1.165, 1.54) is 125 Å². The van der Waals surface area contributed by atoms with E-state index in [1.807, 2.05) is 0 Å². The van der Waals surface area contributed by atoms with Crippen LogP contribution in [0.3, 0.4) is 0 Å². The largest absolute Gasteiger partial charge is 0.0651 e. The van der Waals surface area contributed by atoms with Gasteiger partial charge in [0, 0.05) is 0 Å². The zero-order valence-corrected chi connectivity index (χ0v) is 43.0. The van der Waals surface area contributed by atoms with Gasteiger partial charge in [0.05, 0.1) is 0 Å². The van der Waals surface area contributed by atoms with Crippen LogP contribution < -0.4 is 0 Å². The van der Waals surface area contributed by atoms with Crippen molar-refractivity contribution in [2.24, 2.45) is 45.8 Å². The van der Waals surface area contributed by atoms with Crippen molar-refractivity contribution >= 4 is 0 Å². The molecule has 3 aromatic carbocycles. The molecule has 4 saturated carbocycles. The second-order valence-electron chi connectivity index (χ2n) is 23.6. The molecule has 346 valence electrons. The fraction of sp³-hybridized carbons (Fsp3) is 0.705. The van der Waals surface area contributed by atoms with Gasteiger partial charge in [-0.2, -0.15) is 0 Å². The minimum atomic E-state index is 0.523. The zero-order valence-electron chi connectivity index (χ0n) is 43.0. The van der Waals surface area contributed by atoms with Crippen LogP contribution in [0.15, 0.2) is 84.9 Å². The highest BCUT2D eigenvalue weighted by Crippen LogP contribution is 2.45. The Balaban J connectivity index is 0.000000255. The first-order chi connectivity index (χ1) is 28.8. The molecule has 7 rings (SSSR count). The minimum absolute atomic E-state index is 0.523. The molecule has 0 nitrogen and oxygen atoms in total. The molecule has 0 saturated heterocycles. The van der Waals surface area contributed by atoms with E-state index in [0.29, 0.717) is 16.2 Å². The normalized spacial score (nSPS) is 21.7. The molecule has 61 heavy (non-hydrogen) atoms. The van der Waals surface area contributed by atoms with Crippen molar-refractivity contribution in [2.75, 3.05) is 0 Å². The van der Waals surface area contributed by atoms with Gasteiger partial charge in [0.15, 0.2) is 0 Å². The first kappa shape index (κ1) is 54.8. The van der Waals surface area contributed by atoms with E-state index in [9.17, 15) is 0 Å². The van der Waals surface area contributed by atoms with Crippen LogP contribution in [0.25, 0.3) is 0 Å². The Hall–Kier alpha value is -2.34. The standard InChI is InChI=1S/C13H24.C13H12.C10H20.C9H20.C8H16.C8H10/c2*1-3-7-12(8-4-1)11-13-9-5-2-6-10-13;1-9(2)6-5-7-10(3,4)8-9;1-6-8(2)7-9(3,4)5;2*1-7-4-3-5-8(2)6-7/h12-13H,1-11H2;1-10H,11H2;5-8H2,1-4H3;8H,6-7H2,1-5H3;7-8H,3-6H2,1-2H3;3-6H,1-2H3. The molecule has 0 aromatic heterocycles. The van der Waals surface area contributed by atoms with Gasteiger partial charge >= 0.3 is 0 Å². The van der Waals surface area contributed by atoms with Gasteiger partial charge in [0.25, 0.3) is 0 Å². The van der Waals surface area contributed by atoms with Crippen molar-refractivity contribution in [1.29, 1.82) is 0 Å². The molecule has 0 spiro atoms. The van der Waals surface area contributed by atoms with Gasteiger partial charge in [-0.3, -0.25) is 0 Å². The van der Waals surface area contributed by atoms with E-state index >= 15 is 0 Å². The molecular weight excluding hydrogens is 733 g/mol. The SMILES string of the molecule is C1CCC(CC2CCCCC2)CC1.CC1(C)CCCC(C)(C)C1.CC1CCCC(C)C1.CCC(C)CC(C)(C)C.Cc1cccc(C)c1.c1ccc(Cc2ccccc2)cc1. The molecular formula is C61H102. The number of benzene rings is 3. The van der Waals surface area contributed by atoms with Crippen LogP contribution in [-0.4, -0.2) is 0 Å². The number of aryl methyl sites for hydroxylation is 2. The van der Waals surface area contributed by atoms with E-state index in [0.717, 1.165) is 36.0 Å². The summed E-state index contributed by atoms with van der Waals surface area (Å²) in [4.78, 5) is 0. The molecule has 0 heteroatoms. The second kappa shape index (κ2) is 29.9. The monoisotopic (exact) mass is 835 g/mol. The van der Waals surface area contributed by atoms with Crippen LogP contribution in [0.1, 0.15) is 233 Å². The molecule has 0 aliphatic heterocycles. The Morgan fingerprint density at radius 1 is 0.557 bits per heavy atom. The van der Waals surface area contributed by atoms with E-state index in [4.69, 9.17) is 0 Å². The molecule has 3 atom stereocenters. The Morgan fingerprint density at radius 2 is 0.984 bits per heavy atom. The molecule has 0 heterocycles. The molecule has 3 unspecified atom stereocenters. The van der Waals surface area contributed by atoms with Crippen LogP contribution >= 0.6 is 0 Å². The van der Waals surface area contributed by atoms with E-state index in [1.54, 1.807) is 32.1 Å². The third-order valence-corrected chi connectivity index (χ3v) is 13.9. The van der Waals surface area contributed by atoms with Crippen molar-refractivity contribution in [3.63, 3.8) is 0 Å². The predicted molar refractivity (Wildman–Crippen MR) is 276 cm³/mol. The average molecular weight is 835 g/mol. The van der Waals surface area contributed by atoms with Crippen molar-refractivity contribution in [2.45, 2.75) is 231 Å². The van der Waals surface area contributed by atoms with Gasteiger partial charge in [-0.15, -0.1) is 0 Å². The van der Waals surface area contributed by atoms with Gasteiger partial charge < -0.3 is 0 Å². The van der Waals surface area contributed by atoms with E-state index in [-0.39, 0.29) is 0 Å². The highest BCUT2D eigenvalue weighted by Gasteiger charge is 2.32. The summed E-state index contributed by atoms with van der Waals surface area (Å²) in [5.74, 6) is 5.16. The summed E-state index contributed by atoms with van der Waals surface area (Å²) in [5.41, 5.74) is 7.16. The predicted octanol–water partition coefficient (Wildman–Crippen LogP) is 20.0. The number of hydrogen-bond acceptors (Lipinski definition) is 0. The molecule has 4 aliphatic rings. The number of hydrogen-bond donors (Lipinski definition) is 0. The van der Waals surface area contributed by atoms with Crippen molar-refractivity contribution in [3.05, 3.63) is 107 Å². The van der Waals surface area contributed by atoms with Crippen LogP contribution in [0.5, 0.6) is 0 Å². The average Bonchev–Trinajstić information content (AvgIpc) is 3.19. The summed E-state index contributed by atoms with van der Waals surface area (Å²) >= 11 is 0. The first-order valence-electron chi connectivity index (χ1n) is 26.0. The quantitative estimate of drug-likeness (QED) is 0.232. The van der Waals surface area contributed by atoms with Crippen LogP contribution in [-0.2, 0) is 6.42 Å². The Kier molecular flexibility index (Phi) is 26.9. The van der Waals surface area contributed by atoms with Crippen LogP contribution in [0, 0.1) is 59.7 Å². The molecule has 3 aromatic rings. The molecule has 4 aliphatic carbocycles. The van der Waals surface area contributed by atoms with Crippen LogP contribution in [0.4, 0.5) is 0 Å². The summed E-state index contributed by atoms with van der Waals surface area (Å²) in [6, 6.07) is 29.5. The maximum Gasteiger partial charge on any atom is -0.00258 e. The maximum absolute atomic E-state index is 2.40. The lowest BCUT2D eigenvalue weighted by molar-refractivity contribution is 0.116. The van der Waals surface area contributed by atoms with Gasteiger partial charge in [0.2, 0.25) is 0 Å². The fourth-order valence-corrected chi connectivity index (χ4v) is 11.0. The molecule has 0 amide bonds. The van der Waals surface area contributed by atoms with Gasteiger partial charge in [-0.25, -0.2) is 0 Å². The van der Waals surface area contributed by atoms with Crippen molar-refractivity contribution < 1.29 is 0 Å². The molecule has 4 fully saturated rings. The molecule has 0 radical (unpaired) electrons. The highest BCUT2D eigenvalue weighted by molar-refractivity contribution is 5.25. The Morgan fingerprint density at radius 3 is 1.26 bits per heavy atom. The highest BCUT2D eigenvalue weighted by atomic mass is 14.4. The Labute approximate surface area is 382 Å². The summed E-state index contributed by atoms with van der Waals surface area (Å²) < 4.78 is 0. The van der Waals surface area contributed by atoms with Gasteiger partial charge in [-0.1, -0.05) is 269 Å². The summed E-state index contributed by atoms with van der Waals surface area (Å²) in [5, 5.41) is 0. The first-order valence-corrected chi connectivity index (χ1v) is 26.0. The lowest BCUT2D eigenvalue weighted by Gasteiger charge is -2.40. The van der Waals surface area contributed by atoms with Gasteiger partial charge in [-0.05, 0) is 116 Å². The van der Waals surface area contributed by atoms with Crippen molar-refractivity contribution in [1.82, 2.24) is 0 Å². The molecule has 0 bridgehead atoms. The summed E-state index contributed by atoms with van der Waals surface area (Å²) in [6.07, 6.45) is 32.2. The zero-order chi connectivity index (χ0) is 45.2. The minimum Gasteiger partial charge on any atom is -0.0651 e. The topological polar surface area (TPSA) is 0 Å². The van der Waals surface area contributed by atoms with Crippen LogP contribution in [0.2, 0.25) is 0 Å². The Bertz CT molecular complexity index is 1370. The number of rotatable bonds is 6. The van der Waals surface area contributed by atoms with E-state index < -0.39 is 0 Å². The summed E-state index contributed by atoms with van der Waals surface area (Å²) in [6.45, 7) is 30.0.